The topological polar surface area (TPSA) is 16.4 Å². The van der Waals surface area contributed by atoms with Gasteiger partial charge < -0.3 is 9.72 Å². The molecule has 0 saturated heterocycles. The highest BCUT2D eigenvalue weighted by molar-refractivity contribution is 5.66. The Bertz CT molecular complexity index is 841. The molecule has 2 heterocycles. The summed E-state index contributed by atoms with van der Waals surface area (Å²) in [4.78, 5) is 0. The monoisotopic (exact) mass is 332 g/mol. The number of anilines is 1. The van der Waals surface area contributed by atoms with E-state index in [0.29, 0.717) is 12.0 Å². The first kappa shape index (κ1) is 16.3. The fourth-order valence-corrected chi connectivity index (χ4v) is 4.14. The van der Waals surface area contributed by atoms with Gasteiger partial charge in [-0.05, 0) is 43.0 Å². The quantitative estimate of drug-likeness (QED) is 0.606. The van der Waals surface area contributed by atoms with Crippen LogP contribution >= 0.6 is 0 Å². The molecule has 1 N–H and O–H groups in total. The molecule has 0 amide bonds. The summed E-state index contributed by atoms with van der Waals surface area (Å²) >= 11 is 0. The first-order chi connectivity index (χ1) is 12.2. The second-order valence-electron chi connectivity index (χ2n) is 7.56. The van der Waals surface area contributed by atoms with E-state index in [9.17, 15) is 0 Å². The molecule has 2 heteroatoms. The third-order valence-electron chi connectivity index (χ3n) is 5.66. The molecule has 1 unspecified atom stereocenters. The lowest BCUT2D eigenvalue weighted by Crippen LogP contribution is -2.24. The number of fused-ring (bicyclic) bond motifs is 1. The molecule has 1 fully saturated rings. The number of hydrogen-bond acceptors (Lipinski definition) is 1. The fourth-order valence-electron chi connectivity index (χ4n) is 4.14. The number of nitrogens with one attached hydrogen (secondary N) is 1. The third kappa shape index (κ3) is 3.30. The molecular formula is C23H28N2. The van der Waals surface area contributed by atoms with Crippen molar-refractivity contribution < 1.29 is 0 Å². The lowest BCUT2D eigenvalue weighted by molar-refractivity contribution is 0.461. The first-order valence-corrected chi connectivity index (χ1v) is 9.65. The van der Waals surface area contributed by atoms with Crippen LogP contribution in [0.5, 0.6) is 0 Å². The number of hydrogen-bond donors (Lipinski definition) is 1. The normalized spacial score (nSPS) is 16.9. The van der Waals surface area contributed by atoms with Gasteiger partial charge in [0.1, 0.15) is 5.82 Å². The lowest BCUT2D eigenvalue weighted by atomic mass is 9.93. The Kier molecular flexibility index (Phi) is 4.52. The molecule has 25 heavy (non-hydrogen) atoms. The van der Waals surface area contributed by atoms with E-state index in [1.165, 1.54) is 60.1 Å². The van der Waals surface area contributed by atoms with E-state index >= 15 is 0 Å². The molecule has 0 aliphatic heterocycles. The van der Waals surface area contributed by atoms with Gasteiger partial charge >= 0.3 is 0 Å². The third-order valence-corrected chi connectivity index (χ3v) is 5.66. The zero-order valence-electron chi connectivity index (χ0n) is 15.3. The van der Waals surface area contributed by atoms with E-state index in [4.69, 9.17) is 0 Å². The number of benzene rings is 1. The summed E-state index contributed by atoms with van der Waals surface area (Å²) < 4.78 is 2.36. The molecule has 4 rings (SSSR count). The van der Waals surface area contributed by atoms with E-state index in [0.717, 1.165) is 0 Å². The minimum Gasteiger partial charge on any atom is -0.368 e. The van der Waals surface area contributed by atoms with Crippen LogP contribution in [0.4, 0.5) is 5.82 Å². The molecule has 0 bridgehead atoms. The fraction of sp³-hybridized carbons (Fsp3) is 0.391. The Morgan fingerprint density at radius 3 is 2.52 bits per heavy atom. The van der Waals surface area contributed by atoms with Crippen LogP contribution in [0.1, 0.15) is 61.6 Å². The number of nitrogens with zero attached hydrogens (tertiary/aromatic N) is 1. The predicted molar refractivity (Wildman–Crippen MR) is 107 cm³/mol. The van der Waals surface area contributed by atoms with Crippen LogP contribution < -0.4 is 5.32 Å². The van der Waals surface area contributed by atoms with E-state index in [1.54, 1.807) is 0 Å². The molecule has 1 atom stereocenters. The largest absolute Gasteiger partial charge is 0.368 e. The summed E-state index contributed by atoms with van der Waals surface area (Å²) in [5, 5.41) is 3.91. The second-order valence-corrected chi connectivity index (χ2v) is 7.56. The molecule has 0 radical (unpaired) electrons. The van der Waals surface area contributed by atoms with Crippen LogP contribution in [0.15, 0.2) is 54.7 Å². The Morgan fingerprint density at radius 2 is 1.76 bits per heavy atom. The van der Waals surface area contributed by atoms with Gasteiger partial charge in [-0.2, -0.15) is 0 Å². The summed E-state index contributed by atoms with van der Waals surface area (Å²) in [5.74, 6) is 1.68. The molecule has 130 valence electrons. The van der Waals surface area contributed by atoms with Crippen LogP contribution in [0, 0.1) is 6.92 Å². The van der Waals surface area contributed by atoms with Crippen LogP contribution in [0.25, 0.3) is 5.52 Å². The minimum absolute atomic E-state index is 0.382. The van der Waals surface area contributed by atoms with E-state index < -0.39 is 0 Å². The van der Waals surface area contributed by atoms with Crippen molar-refractivity contribution in [3.63, 3.8) is 0 Å². The second kappa shape index (κ2) is 6.95. The molecule has 1 aliphatic rings. The molecule has 2 aromatic heterocycles. The number of aryl methyl sites for hydroxylation is 1. The highest BCUT2D eigenvalue weighted by atomic mass is 15.1. The van der Waals surface area contributed by atoms with E-state index in [1.807, 2.05) is 0 Å². The van der Waals surface area contributed by atoms with Crippen molar-refractivity contribution >= 4 is 11.3 Å². The summed E-state index contributed by atoms with van der Waals surface area (Å²) in [7, 11) is 0. The number of pyridine rings is 1. The Hall–Kier alpha value is -2.22. The van der Waals surface area contributed by atoms with Crippen molar-refractivity contribution in [1.82, 2.24) is 4.40 Å². The number of aromatic nitrogens is 1. The number of rotatable bonds is 4. The van der Waals surface area contributed by atoms with Crippen molar-refractivity contribution in [3.8, 4) is 0 Å². The molecule has 0 spiro atoms. The average Bonchev–Trinajstić information content (AvgIpc) is 3.00. The van der Waals surface area contributed by atoms with Gasteiger partial charge in [0.25, 0.3) is 0 Å². The molecule has 1 aliphatic carbocycles. The van der Waals surface area contributed by atoms with Gasteiger partial charge in [0.15, 0.2) is 0 Å². The highest BCUT2D eigenvalue weighted by Crippen LogP contribution is 2.35. The molecule has 1 aromatic carbocycles. The maximum atomic E-state index is 3.91. The van der Waals surface area contributed by atoms with Crippen LogP contribution in [-0.4, -0.2) is 10.4 Å². The van der Waals surface area contributed by atoms with Gasteiger partial charge in [-0.3, -0.25) is 0 Å². The van der Waals surface area contributed by atoms with E-state index in [-0.39, 0.29) is 0 Å². The SMILES string of the molecule is Cc1ccc2cc(C(C)c3ccccc3)c(NC3CCCCC3)n2c1. The van der Waals surface area contributed by atoms with Crippen LogP contribution in [-0.2, 0) is 0 Å². The average molecular weight is 332 g/mol. The Labute approximate surface area is 150 Å². The van der Waals surface area contributed by atoms with Crippen molar-refractivity contribution in [1.29, 1.82) is 0 Å². The first-order valence-electron chi connectivity index (χ1n) is 9.65. The summed E-state index contributed by atoms with van der Waals surface area (Å²) in [6, 6.07) is 18.3. The molecule has 2 nitrogen and oxygen atoms in total. The van der Waals surface area contributed by atoms with Crippen molar-refractivity contribution in [2.75, 3.05) is 5.32 Å². The predicted octanol–water partition coefficient (Wildman–Crippen LogP) is 6.14. The zero-order valence-corrected chi connectivity index (χ0v) is 15.3. The van der Waals surface area contributed by atoms with Gasteiger partial charge in [-0.1, -0.05) is 62.6 Å². The maximum Gasteiger partial charge on any atom is 0.114 e. The van der Waals surface area contributed by atoms with Crippen molar-refractivity contribution in [3.05, 3.63) is 71.4 Å². The maximum absolute atomic E-state index is 3.91. The van der Waals surface area contributed by atoms with Gasteiger partial charge in [0.2, 0.25) is 0 Å². The van der Waals surface area contributed by atoms with Gasteiger partial charge in [0.05, 0.1) is 0 Å². The molecule has 3 aromatic rings. The van der Waals surface area contributed by atoms with Crippen LogP contribution in [0.3, 0.4) is 0 Å². The highest BCUT2D eigenvalue weighted by Gasteiger charge is 2.21. The molecular weight excluding hydrogens is 304 g/mol. The Morgan fingerprint density at radius 1 is 1.00 bits per heavy atom. The smallest absolute Gasteiger partial charge is 0.114 e. The molecule has 1 saturated carbocycles. The van der Waals surface area contributed by atoms with E-state index in [2.05, 4.69) is 78.3 Å². The van der Waals surface area contributed by atoms with Crippen molar-refractivity contribution in [2.45, 2.75) is 57.9 Å². The van der Waals surface area contributed by atoms with Gasteiger partial charge in [0, 0.05) is 29.2 Å². The summed E-state index contributed by atoms with van der Waals surface area (Å²) in [6.45, 7) is 4.49. The lowest BCUT2D eigenvalue weighted by Gasteiger charge is -2.25. The minimum atomic E-state index is 0.382. The zero-order chi connectivity index (χ0) is 17.2. The van der Waals surface area contributed by atoms with Gasteiger partial charge in [-0.25, -0.2) is 0 Å². The summed E-state index contributed by atoms with van der Waals surface area (Å²) in [5.41, 5.74) is 5.36. The Balaban J connectivity index is 1.77. The summed E-state index contributed by atoms with van der Waals surface area (Å²) in [6.07, 6.45) is 8.94. The standard InChI is InChI=1S/C23H28N2/c1-17-13-14-21-15-22(18(2)19-9-5-3-6-10-19)23(25(21)16-17)24-20-11-7-4-8-12-20/h3,5-6,9-10,13-16,18,20,24H,4,7-8,11-12H2,1-2H3. The van der Waals surface area contributed by atoms with Gasteiger partial charge in [-0.15, -0.1) is 0 Å². The van der Waals surface area contributed by atoms with Crippen LogP contribution in [0.2, 0.25) is 0 Å². The van der Waals surface area contributed by atoms with Crippen molar-refractivity contribution in [2.24, 2.45) is 0 Å².